The normalized spacial score (nSPS) is 16.5. The van der Waals surface area contributed by atoms with Crippen LogP contribution >= 0.6 is 11.6 Å². The molecule has 2 aliphatic rings. The van der Waals surface area contributed by atoms with Gasteiger partial charge in [0.25, 0.3) is 11.8 Å². The van der Waals surface area contributed by atoms with E-state index in [0.29, 0.717) is 43.5 Å². The van der Waals surface area contributed by atoms with Gasteiger partial charge in [0.2, 0.25) is 5.95 Å². The van der Waals surface area contributed by atoms with E-state index in [1.165, 1.54) is 16.8 Å². The summed E-state index contributed by atoms with van der Waals surface area (Å²) in [6.07, 6.45) is 1.29. The van der Waals surface area contributed by atoms with Crippen LogP contribution in [0.4, 0.5) is 27.8 Å². The standard InChI is InChI=1S/C30H39ClFN9O2/c1-5-38-13-15-39(16-14-38)25-18-24(34-26-17-20(4)37-41(26)28(42)19(2)3)35-30(36-25)33-21-9-11-40(12-10-21)29(43)22-7-6-8-23(31)27(22)32/h6-8,17-19,21H,5,9-16H2,1-4H3,(H2,33,34,35,36). The van der Waals surface area contributed by atoms with Crippen LogP contribution in [0.1, 0.15) is 54.5 Å². The molecule has 3 aromatic rings. The lowest BCUT2D eigenvalue weighted by atomic mass is 10.0. The predicted octanol–water partition coefficient (Wildman–Crippen LogP) is 4.67. The summed E-state index contributed by atoms with van der Waals surface area (Å²) in [6.45, 7) is 13.2. The first-order chi connectivity index (χ1) is 20.6. The molecule has 1 aromatic carbocycles. The van der Waals surface area contributed by atoms with E-state index in [1.54, 1.807) is 11.0 Å². The molecule has 5 rings (SSSR count). The fourth-order valence-electron chi connectivity index (χ4n) is 5.40. The lowest BCUT2D eigenvalue weighted by Gasteiger charge is -2.35. The van der Waals surface area contributed by atoms with Gasteiger partial charge in [-0.15, -0.1) is 0 Å². The Bertz CT molecular complexity index is 1460. The number of piperazine rings is 1. The van der Waals surface area contributed by atoms with Crippen LogP contribution < -0.4 is 15.5 Å². The van der Waals surface area contributed by atoms with E-state index in [1.807, 2.05) is 32.9 Å². The summed E-state index contributed by atoms with van der Waals surface area (Å²) in [6, 6.07) is 8.22. The maximum absolute atomic E-state index is 14.5. The number of nitrogens with zero attached hydrogens (tertiary/aromatic N) is 7. The number of nitrogens with one attached hydrogen (secondary N) is 2. The first kappa shape index (κ1) is 30.7. The van der Waals surface area contributed by atoms with E-state index in [0.717, 1.165) is 44.2 Å². The number of likely N-dealkylation sites (tertiary alicyclic amines) is 1. The molecule has 43 heavy (non-hydrogen) atoms. The molecule has 1 amide bonds. The molecule has 0 spiro atoms. The number of anilines is 4. The minimum Gasteiger partial charge on any atom is -0.354 e. The molecule has 11 nitrogen and oxygen atoms in total. The SMILES string of the molecule is CCN1CCN(c2cc(Nc3cc(C)nn3C(=O)C(C)C)nc(NC3CCN(C(=O)c4cccc(Cl)c4F)CC3)n2)CC1. The topological polar surface area (TPSA) is 112 Å². The Balaban J connectivity index is 1.33. The van der Waals surface area contributed by atoms with Gasteiger partial charge in [0.1, 0.15) is 17.5 Å². The second-order valence-corrected chi connectivity index (χ2v) is 11.8. The summed E-state index contributed by atoms with van der Waals surface area (Å²) in [5, 5.41) is 11.1. The van der Waals surface area contributed by atoms with Crippen molar-refractivity contribution in [2.45, 2.75) is 46.6 Å². The summed E-state index contributed by atoms with van der Waals surface area (Å²) in [7, 11) is 0. The van der Waals surface area contributed by atoms with E-state index in [2.05, 4.69) is 32.5 Å². The first-order valence-electron chi connectivity index (χ1n) is 14.9. The van der Waals surface area contributed by atoms with Gasteiger partial charge < -0.3 is 25.3 Å². The molecular weight excluding hydrogens is 573 g/mol. The largest absolute Gasteiger partial charge is 0.354 e. The Labute approximate surface area is 256 Å². The molecule has 0 unspecified atom stereocenters. The Hall–Kier alpha value is -3.77. The van der Waals surface area contributed by atoms with Crippen molar-refractivity contribution in [1.82, 2.24) is 29.5 Å². The van der Waals surface area contributed by atoms with Crippen LogP contribution in [0.15, 0.2) is 30.3 Å². The number of likely N-dealkylation sites (N-methyl/N-ethyl adjacent to an activating group) is 1. The zero-order valence-electron chi connectivity index (χ0n) is 25.1. The fourth-order valence-corrected chi connectivity index (χ4v) is 5.57. The molecule has 0 radical (unpaired) electrons. The van der Waals surface area contributed by atoms with Gasteiger partial charge in [-0.25, -0.2) is 4.39 Å². The predicted molar refractivity (Wildman–Crippen MR) is 166 cm³/mol. The molecule has 0 atom stereocenters. The average Bonchev–Trinajstić information content (AvgIpc) is 3.37. The number of carbonyl (C=O) groups is 2. The highest BCUT2D eigenvalue weighted by Gasteiger charge is 2.27. The van der Waals surface area contributed by atoms with Crippen LogP contribution in [0.2, 0.25) is 5.02 Å². The number of piperidine rings is 1. The number of benzene rings is 1. The lowest BCUT2D eigenvalue weighted by Crippen LogP contribution is -2.46. The first-order valence-corrected chi connectivity index (χ1v) is 15.2. The van der Waals surface area contributed by atoms with Crippen LogP contribution in [0.3, 0.4) is 0 Å². The van der Waals surface area contributed by atoms with Gasteiger partial charge in [-0.3, -0.25) is 9.59 Å². The molecule has 2 fully saturated rings. The monoisotopic (exact) mass is 611 g/mol. The summed E-state index contributed by atoms with van der Waals surface area (Å²) < 4.78 is 15.9. The zero-order valence-corrected chi connectivity index (χ0v) is 25.9. The van der Waals surface area contributed by atoms with Crippen LogP contribution in [0.25, 0.3) is 0 Å². The Kier molecular flexibility index (Phi) is 9.46. The molecule has 4 heterocycles. The van der Waals surface area contributed by atoms with Crippen molar-refractivity contribution < 1.29 is 14.0 Å². The van der Waals surface area contributed by atoms with Gasteiger partial charge in [-0.2, -0.15) is 19.7 Å². The van der Waals surface area contributed by atoms with Crippen molar-refractivity contribution in [2.24, 2.45) is 5.92 Å². The van der Waals surface area contributed by atoms with Gasteiger partial charge in [0.05, 0.1) is 16.3 Å². The number of hydrogen-bond donors (Lipinski definition) is 2. The number of rotatable bonds is 8. The summed E-state index contributed by atoms with van der Waals surface area (Å²) in [5.41, 5.74) is 0.707. The Morgan fingerprint density at radius 1 is 1.07 bits per heavy atom. The molecule has 2 aliphatic heterocycles. The number of aryl methyl sites for hydroxylation is 1. The van der Waals surface area contributed by atoms with E-state index >= 15 is 0 Å². The molecule has 2 saturated heterocycles. The van der Waals surface area contributed by atoms with E-state index in [9.17, 15) is 14.0 Å². The number of hydrogen-bond acceptors (Lipinski definition) is 9. The Morgan fingerprint density at radius 3 is 2.47 bits per heavy atom. The zero-order chi connectivity index (χ0) is 30.7. The second-order valence-electron chi connectivity index (χ2n) is 11.4. The molecular formula is C30H39ClFN9O2. The number of halogens is 2. The van der Waals surface area contributed by atoms with Crippen molar-refractivity contribution in [2.75, 3.05) is 61.3 Å². The average molecular weight is 612 g/mol. The third kappa shape index (κ3) is 7.07. The van der Waals surface area contributed by atoms with Crippen molar-refractivity contribution in [1.29, 1.82) is 0 Å². The maximum atomic E-state index is 14.5. The number of aromatic nitrogens is 4. The van der Waals surface area contributed by atoms with E-state index < -0.39 is 5.82 Å². The molecule has 2 N–H and O–H groups in total. The van der Waals surface area contributed by atoms with Gasteiger partial charge in [-0.05, 0) is 38.4 Å². The second kappa shape index (κ2) is 13.3. The van der Waals surface area contributed by atoms with Crippen molar-refractivity contribution in [3.8, 4) is 0 Å². The molecule has 230 valence electrons. The van der Waals surface area contributed by atoms with E-state index in [-0.39, 0.29) is 34.4 Å². The third-order valence-electron chi connectivity index (χ3n) is 7.94. The minimum atomic E-state index is -0.689. The van der Waals surface area contributed by atoms with Gasteiger partial charge in [-0.1, -0.05) is 38.4 Å². The van der Waals surface area contributed by atoms with Gasteiger partial charge in [0, 0.05) is 63.4 Å². The Morgan fingerprint density at radius 2 is 1.79 bits per heavy atom. The van der Waals surface area contributed by atoms with Crippen molar-refractivity contribution in [3.63, 3.8) is 0 Å². The fraction of sp³-hybridized carbons (Fsp3) is 0.500. The van der Waals surface area contributed by atoms with Crippen LogP contribution in [0.5, 0.6) is 0 Å². The smallest absolute Gasteiger partial charge is 0.256 e. The summed E-state index contributed by atoms with van der Waals surface area (Å²) >= 11 is 5.89. The van der Waals surface area contributed by atoms with E-state index in [4.69, 9.17) is 21.6 Å². The van der Waals surface area contributed by atoms with Crippen LogP contribution in [-0.2, 0) is 0 Å². The highest BCUT2D eigenvalue weighted by atomic mass is 35.5. The summed E-state index contributed by atoms with van der Waals surface area (Å²) in [5.74, 6) is 0.955. The maximum Gasteiger partial charge on any atom is 0.256 e. The molecule has 0 aliphatic carbocycles. The van der Waals surface area contributed by atoms with Crippen molar-refractivity contribution >= 4 is 46.8 Å². The van der Waals surface area contributed by atoms with Crippen molar-refractivity contribution in [3.05, 3.63) is 52.4 Å². The minimum absolute atomic E-state index is 0.0146. The lowest BCUT2D eigenvalue weighted by molar-refractivity contribution is 0.0713. The molecule has 0 saturated carbocycles. The van der Waals surface area contributed by atoms with Gasteiger partial charge in [0.15, 0.2) is 5.82 Å². The molecule has 13 heteroatoms. The van der Waals surface area contributed by atoms with Gasteiger partial charge >= 0.3 is 0 Å². The number of amides is 1. The van der Waals surface area contributed by atoms with Crippen LogP contribution in [0, 0.1) is 18.7 Å². The van der Waals surface area contributed by atoms with Crippen LogP contribution in [-0.4, -0.2) is 93.2 Å². The highest BCUT2D eigenvalue weighted by molar-refractivity contribution is 6.31. The third-order valence-corrected chi connectivity index (χ3v) is 8.24. The molecule has 2 aromatic heterocycles. The molecule has 0 bridgehead atoms. The quantitative estimate of drug-likeness (QED) is 0.375. The number of carbonyl (C=O) groups excluding carboxylic acids is 2. The highest BCUT2D eigenvalue weighted by Crippen LogP contribution is 2.26. The summed E-state index contributed by atoms with van der Waals surface area (Å²) in [4.78, 5) is 41.7.